The molecule has 1 fully saturated rings. The summed E-state index contributed by atoms with van der Waals surface area (Å²) in [6.45, 7) is 4.73. The minimum atomic E-state index is -1.12. The van der Waals surface area contributed by atoms with Crippen molar-refractivity contribution in [2.24, 2.45) is 0 Å². The maximum absolute atomic E-state index is 11.7. The summed E-state index contributed by atoms with van der Waals surface area (Å²) in [7, 11) is -1.12. The van der Waals surface area contributed by atoms with E-state index in [4.69, 9.17) is 0 Å². The van der Waals surface area contributed by atoms with Gasteiger partial charge in [0.25, 0.3) is 0 Å². The van der Waals surface area contributed by atoms with Gasteiger partial charge < -0.3 is 5.11 Å². The molecule has 92 valence electrons. The van der Waals surface area contributed by atoms with Crippen LogP contribution in [0.25, 0.3) is 0 Å². The molecule has 0 atom stereocenters. The van der Waals surface area contributed by atoms with Crippen molar-refractivity contribution < 1.29 is 9.90 Å². The van der Waals surface area contributed by atoms with Gasteiger partial charge in [0, 0.05) is 8.07 Å². The van der Waals surface area contributed by atoms with E-state index < -0.39 is 19.5 Å². The van der Waals surface area contributed by atoms with Gasteiger partial charge in [0.1, 0.15) is 0 Å². The van der Waals surface area contributed by atoms with E-state index in [1.54, 1.807) is 0 Å². The van der Waals surface area contributed by atoms with Crippen molar-refractivity contribution in [3.63, 3.8) is 0 Å². The van der Waals surface area contributed by atoms with Gasteiger partial charge in [0.05, 0.1) is 5.41 Å². The molecule has 0 aliphatic carbocycles. The Bertz CT molecular complexity index is 401. The van der Waals surface area contributed by atoms with E-state index in [9.17, 15) is 9.90 Å². The van der Waals surface area contributed by atoms with Crippen molar-refractivity contribution in [1.82, 2.24) is 0 Å². The highest BCUT2D eigenvalue weighted by molar-refractivity contribution is 6.77. The van der Waals surface area contributed by atoms with Gasteiger partial charge in [-0.15, -0.1) is 0 Å². The number of hydrogen-bond donors (Lipinski definition) is 1. The van der Waals surface area contributed by atoms with Gasteiger partial charge in [-0.05, 0) is 18.4 Å². The Balaban J connectivity index is 2.33. The number of aliphatic carboxylic acids is 1. The fourth-order valence-corrected chi connectivity index (χ4v) is 5.19. The van der Waals surface area contributed by atoms with Crippen LogP contribution in [0, 0.1) is 0 Å². The molecule has 0 aromatic heterocycles. The first-order valence-electron chi connectivity index (χ1n) is 6.25. The molecule has 2 rings (SSSR count). The fourth-order valence-electron chi connectivity index (χ4n) is 2.74. The number of carbonyl (C=O) groups is 1. The molecule has 0 radical (unpaired) electrons. The first-order valence-corrected chi connectivity index (χ1v) is 9.67. The smallest absolute Gasteiger partial charge is 0.314 e. The Labute approximate surface area is 104 Å². The third-order valence-electron chi connectivity index (χ3n) is 4.19. The van der Waals surface area contributed by atoms with E-state index in [1.165, 1.54) is 0 Å². The highest BCUT2D eigenvalue weighted by Crippen LogP contribution is 2.43. The minimum Gasteiger partial charge on any atom is -0.481 e. The zero-order valence-electron chi connectivity index (χ0n) is 10.6. The molecule has 1 aromatic carbocycles. The van der Waals surface area contributed by atoms with Crippen LogP contribution in [0.15, 0.2) is 30.3 Å². The standard InChI is InChI=1S/C14H20O2Si/c1-17(2)10-8-14(9-11-17,13(15)16)12-6-4-3-5-7-12/h3-7H,8-11H2,1-2H3,(H,15,16). The predicted molar refractivity (Wildman–Crippen MR) is 72.1 cm³/mol. The molecular formula is C14H20O2Si. The van der Waals surface area contributed by atoms with Crippen LogP contribution < -0.4 is 0 Å². The second-order valence-electron chi connectivity index (χ2n) is 5.92. The summed E-state index contributed by atoms with van der Waals surface area (Å²) in [6, 6.07) is 12.0. The molecule has 1 N–H and O–H groups in total. The highest BCUT2D eigenvalue weighted by atomic mass is 28.3. The lowest BCUT2D eigenvalue weighted by Gasteiger charge is -2.40. The largest absolute Gasteiger partial charge is 0.481 e. The fraction of sp³-hybridized carbons (Fsp3) is 0.500. The summed E-state index contributed by atoms with van der Waals surface area (Å²) < 4.78 is 0. The van der Waals surface area contributed by atoms with Gasteiger partial charge in [0.15, 0.2) is 0 Å². The second-order valence-corrected chi connectivity index (χ2v) is 11.2. The summed E-state index contributed by atoms with van der Waals surface area (Å²) in [5.41, 5.74) is 0.362. The first-order chi connectivity index (χ1) is 7.96. The lowest BCUT2D eigenvalue weighted by atomic mass is 9.75. The van der Waals surface area contributed by atoms with Crippen LogP contribution in [-0.4, -0.2) is 19.1 Å². The predicted octanol–water partition coefficient (Wildman–Crippen LogP) is 3.51. The highest BCUT2D eigenvalue weighted by Gasteiger charge is 2.45. The molecule has 3 heteroatoms. The van der Waals surface area contributed by atoms with E-state index in [0.29, 0.717) is 0 Å². The average Bonchev–Trinajstić information content (AvgIpc) is 2.30. The molecule has 1 aromatic rings. The van der Waals surface area contributed by atoms with Crippen molar-refractivity contribution in [3.8, 4) is 0 Å². The minimum absolute atomic E-state index is 0.621. The van der Waals surface area contributed by atoms with Crippen LogP contribution in [-0.2, 0) is 10.2 Å². The third-order valence-corrected chi connectivity index (χ3v) is 7.40. The molecule has 2 nitrogen and oxygen atoms in total. The lowest BCUT2D eigenvalue weighted by Crippen LogP contribution is -2.44. The van der Waals surface area contributed by atoms with E-state index in [-0.39, 0.29) is 0 Å². The van der Waals surface area contributed by atoms with Crippen molar-refractivity contribution in [1.29, 1.82) is 0 Å². The summed E-state index contributed by atoms with van der Waals surface area (Å²) in [5.74, 6) is -0.645. The van der Waals surface area contributed by atoms with Gasteiger partial charge in [-0.2, -0.15) is 0 Å². The Kier molecular flexibility index (Phi) is 3.12. The number of rotatable bonds is 2. The molecule has 1 aliphatic heterocycles. The quantitative estimate of drug-likeness (QED) is 0.813. The van der Waals surface area contributed by atoms with Crippen LogP contribution in [0.4, 0.5) is 0 Å². The molecule has 1 aliphatic rings. The van der Waals surface area contributed by atoms with Gasteiger partial charge in [-0.25, -0.2) is 0 Å². The Hall–Kier alpha value is -1.09. The zero-order chi connectivity index (χ0) is 12.5. The lowest BCUT2D eigenvalue weighted by molar-refractivity contribution is -0.144. The summed E-state index contributed by atoms with van der Waals surface area (Å²) >= 11 is 0. The molecule has 0 amide bonds. The molecule has 1 heterocycles. The van der Waals surface area contributed by atoms with Crippen molar-refractivity contribution >= 4 is 14.0 Å². The number of hydrogen-bond acceptors (Lipinski definition) is 1. The molecule has 17 heavy (non-hydrogen) atoms. The molecule has 0 saturated carbocycles. The van der Waals surface area contributed by atoms with Crippen LogP contribution in [0.5, 0.6) is 0 Å². The van der Waals surface area contributed by atoms with Gasteiger partial charge in [0.2, 0.25) is 0 Å². The topological polar surface area (TPSA) is 37.3 Å². The van der Waals surface area contributed by atoms with Gasteiger partial charge in [-0.1, -0.05) is 55.5 Å². The van der Waals surface area contributed by atoms with Crippen molar-refractivity contribution in [2.45, 2.75) is 43.4 Å². The SMILES string of the molecule is C[Si]1(C)CCC(C(=O)O)(c2ccccc2)CC1. The van der Waals surface area contributed by atoms with E-state index >= 15 is 0 Å². The first kappa shape index (κ1) is 12.4. The maximum atomic E-state index is 11.7. The Morgan fingerprint density at radius 1 is 1.18 bits per heavy atom. The number of benzene rings is 1. The molecule has 0 bridgehead atoms. The van der Waals surface area contributed by atoms with Gasteiger partial charge >= 0.3 is 5.97 Å². The Morgan fingerprint density at radius 2 is 1.71 bits per heavy atom. The van der Waals surface area contributed by atoms with Crippen molar-refractivity contribution in [2.75, 3.05) is 0 Å². The molecule has 1 saturated heterocycles. The molecular weight excluding hydrogens is 228 g/mol. The maximum Gasteiger partial charge on any atom is 0.314 e. The van der Waals surface area contributed by atoms with Crippen LogP contribution in [0.2, 0.25) is 25.2 Å². The molecule has 0 spiro atoms. The van der Waals surface area contributed by atoms with Crippen LogP contribution in [0.1, 0.15) is 18.4 Å². The summed E-state index contributed by atoms with van der Waals surface area (Å²) in [6.07, 6.45) is 1.62. The van der Waals surface area contributed by atoms with Crippen LogP contribution in [0.3, 0.4) is 0 Å². The monoisotopic (exact) mass is 248 g/mol. The summed E-state index contributed by atoms with van der Waals surface area (Å²) in [4.78, 5) is 11.7. The number of carboxylic acid groups (broad SMARTS) is 1. The second kappa shape index (κ2) is 4.30. The van der Waals surface area contributed by atoms with E-state index in [0.717, 1.165) is 30.5 Å². The normalized spacial score (nSPS) is 22.0. The average molecular weight is 248 g/mol. The third kappa shape index (κ3) is 2.29. The summed E-state index contributed by atoms with van der Waals surface area (Å²) in [5, 5.41) is 9.63. The van der Waals surface area contributed by atoms with Crippen molar-refractivity contribution in [3.05, 3.63) is 35.9 Å². The van der Waals surface area contributed by atoms with E-state index in [1.807, 2.05) is 30.3 Å². The van der Waals surface area contributed by atoms with Gasteiger partial charge in [-0.3, -0.25) is 4.79 Å². The molecule has 0 unspecified atom stereocenters. The van der Waals surface area contributed by atoms with Crippen LogP contribution >= 0.6 is 0 Å². The van der Waals surface area contributed by atoms with E-state index in [2.05, 4.69) is 13.1 Å². The number of carboxylic acids is 1. The zero-order valence-corrected chi connectivity index (χ0v) is 11.6. The Morgan fingerprint density at radius 3 is 2.18 bits per heavy atom.